The SMILES string of the molecule is Cc1c(Br)cncc1OC1CCC1. The Morgan fingerprint density at radius 2 is 2.23 bits per heavy atom. The molecule has 1 saturated carbocycles. The van der Waals surface area contributed by atoms with E-state index in [0.717, 1.165) is 15.8 Å². The highest BCUT2D eigenvalue weighted by atomic mass is 79.9. The number of aromatic nitrogens is 1. The Kier molecular flexibility index (Phi) is 2.54. The fourth-order valence-corrected chi connectivity index (χ4v) is 1.58. The molecule has 0 aromatic carbocycles. The lowest BCUT2D eigenvalue weighted by molar-refractivity contribution is 0.119. The van der Waals surface area contributed by atoms with Gasteiger partial charge in [-0.15, -0.1) is 0 Å². The number of halogens is 1. The molecule has 0 saturated heterocycles. The van der Waals surface area contributed by atoms with Crippen molar-refractivity contribution in [3.05, 3.63) is 22.4 Å². The first kappa shape index (κ1) is 9.00. The molecule has 0 spiro atoms. The summed E-state index contributed by atoms with van der Waals surface area (Å²) >= 11 is 3.43. The summed E-state index contributed by atoms with van der Waals surface area (Å²) in [5.41, 5.74) is 1.14. The van der Waals surface area contributed by atoms with Crippen LogP contribution in [0.4, 0.5) is 0 Å². The first-order chi connectivity index (χ1) is 6.27. The van der Waals surface area contributed by atoms with Gasteiger partial charge in [0.15, 0.2) is 0 Å². The van der Waals surface area contributed by atoms with Gasteiger partial charge in [0.25, 0.3) is 0 Å². The van der Waals surface area contributed by atoms with Crippen molar-refractivity contribution in [1.82, 2.24) is 4.98 Å². The predicted octanol–water partition coefficient (Wildman–Crippen LogP) is 3.08. The number of rotatable bonds is 2. The largest absolute Gasteiger partial charge is 0.488 e. The van der Waals surface area contributed by atoms with Gasteiger partial charge in [0.05, 0.1) is 12.3 Å². The van der Waals surface area contributed by atoms with Gasteiger partial charge in [0.2, 0.25) is 0 Å². The van der Waals surface area contributed by atoms with E-state index in [0.29, 0.717) is 6.10 Å². The molecule has 0 unspecified atom stereocenters. The quantitative estimate of drug-likeness (QED) is 0.795. The lowest BCUT2D eigenvalue weighted by atomic mass is 9.96. The summed E-state index contributed by atoms with van der Waals surface area (Å²) in [6, 6.07) is 0. The van der Waals surface area contributed by atoms with Gasteiger partial charge < -0.3 is 4.74 Å². The zero-order chi connectivity index (χ0) is 9.26. The van der Waals surface area contributed by atoms with E-state index in [1.165, 1.54) is 19.3 Å². The highest BCUT2D eigenvalue weighted by molar-refractivity contribution is 9.10. The van der Waals surface area contributed by atoms with Crippen LogP contribution in [0.1, 0.15) is 24.8 Å². The maximum absolute atomic E-state index is 5.77. The fraction of sp³-hybridized carbons (Fsp3) is 0.500. The van der Waals surface area contributed by atoms with Gasteiger partial charge >= 0.3 is 0 Å². The van der Waals surface area contributed by atoms with Crippen LogP contribution < -0.4 is 4.74 Å². The van der Waals surface area contributed by atoms with Crippen molar-refractivity contribution in [1.29, 1.82) is 0 Å². The number of hydrogen-bond donors (Lipinski definition) is 0. The van der Waals surface area contributed by atoms with Crippen molar-refractivity contribution in [2.24, 2.45) is 0 Å². The Labute approximate surface area is 86.5 Å². The van der Waals surface area contributed by atoms with Crippen molar-refractivity contribution in [3.63, 3.8) is 0 Å². The Morgan fingerprint density at radius 1 is 1.46 bits per heavy atom. The Bertz CT molecular complexity index is 310. The molecule has 1 heterocycles. The molecule has 0 aliphatic heterocycles. The van der Waals surface area contributed by atoms with E-state index in [-0.39, 0.29) is 0 Å². The first-order valence-corrected chi connectivity index (χ1v) is 5.33. The van der Waals surface area contributed by atoms with E-state index in [2.05, 4.69) is 20.9 Å². The summed E-state index contributed by atoms with van der Waals surface area (Å²) < 4.78 is 6.79. The lowest BCUT2D eigenvalue weighted by Gasteiger charge is -2.27. The second-order valence-electron chi connectivity index (χ2n) is 3.42. The summed E-state index contributed by atoms with van der Waals surface area (Å²) in [5, 5.41) is 0. The van der Waals surface area contributed by atoms with Crippen LogP contribution in [0.5, 0.6) is 5.75 Å². The standard InChI is InChI=1S/C10H12BrNO/c1-7-9(11)5-12-6-10(7)13-8-3-2-4-8/h5-6,8H,2-4H2,1H3. The van der Waals surface area contributed by atoms with Crippen LogP contribution in [0.15, 0.2) is 16.9 Å². The number of pyridine rings is 1. The zero-order valence-corrected chi connectivity index (χ0v) is 9.17. The van der Waals surface area contributed by atoms with Crippen molar-refractivity contribution < 1.29 is 4.74 Å². The third kappa shape index (κ3) is 1.85. The van der Waals surface area contributed by atoms with Gasteiger partial charge in [0.1, 0.15) is 5.75 Å². The van der Waals surface area contributed by atoms with E-state index >= 15 is 0 Å². The lowest BCUT2D eigenvalue weighted by Crippen LogP contribution is -2.24. The van der Waals surface area contributed by atoms with Crippen molar-refractivity contribution >= 4 is 15.9 Å². The highest BCUT2D eigenvalue weighted by Gasteiger charge is 2.20. The first-order valence-electron chi connectivity index (χ1n) is 4.54. The fourth-order valence-electron chi connectivity index (χ4n) is 1.27. The third-order valence-corrected chi connectivity index (χ3v) is 3.25. The maximum atomic E-state index is 5.77. The predicted molar refractivity (Wildman–Crippen MR) is 54.9 cm³/mol. The Morgan fingerprint density at radius 3 is 2.85 bits per heavy atom. The van der Waals surface area contributed by atoms with Crippen LogP contribution in [0.25, 0.3) is 0 Å². The van der Waals surface area contributed by atoms with E-state index in [1.54, 1.807) is 12.4 Å². The average molecular weight is 242 g/mol. The van der Waals surface area contributed by atoms with Crippen LogP contribution >= 0.6 is 15.9 Å². The number of hydrogen-bond acceptors (Lipinski definition) is 2. The molecule has 1 aromatic rings. The van der Waals surface area contributed by atoms with E-state index in [1.807, 2.05) is 6.92 Å². The molecule has 1 fully saturated rings. The normalized spacial score (nSPS) is 16.8. The van der Waals surface area contributed by atoms with Crippen LogP contribution in [-0.4, -0.2) is 11.1 Å². The molecule has 2 nitrogen and oxygen atoms in total. The number of nitrogens with zero attached hydrogens (tertiary/aromatic N) is 1. The summed E-state index contributed by atoms with van der Waals surface area (Å²) in [6.45, 7) is 2.04. The summed E-state index contributed by atoms with van der Waals surface area (Å²) in [5.74, 6) is 0.916. The van der Waals surface area contributed by atoms with Crippen molar-refractivity contribution in [2.75, 3.05) is 0 Å². The highest BCUT2D eigenvalue weighted by Crippen LogP contribution is 2.29. The van der Waals surface area contributed by atoms with Gasteiger partial charge in [0, 0.05) is 16.2 Å². The van der Waals surface area contributed by atoms with E-state index in [9.17, 15) is 0 Å². The van der Waals surface area contributed by atoms with Gasteiger partial charge in [-0.1, -0.05) is 0 Å². The topological polar surface area (TPSA) is 22.1 Å². The summed E-state index contributed by atoms with van der Waals surface area (Å²) in [7, 11) is 0. The van der Waals surface area contributed by atoms with Gasteiger partial charge in [-0.2, -0.15) is 0 Å². The second-order valence-corrected chi connectivity index (χ2v) is 4.27. The molecule has 1 aliphatic rings. The van der Waals surface area contributed by atoms with Crippen LogP contribution in [0.2, 0.25) is 0 Å². The van der Waals surface area contributed by atoms with Gasteiger partial charge in [-0.3, -0.25) is 4.98 Å². The van der Waals surface area contributed by atoms with Crippen LogP contribution in [0.3, 0.4) is 0 Å². The van der Waals surface area contributed by atoms with Crippen molar-refractivity contribution in [3.8, 4) is 5.75 Å². The molecule has 0 bridgehead atoms. The minimum absolute atomic E-state index is 0.426. The molecule has 13 heavy (non-hydrogen) atoms. The Balaban J connectivity index is 2.14. The minimum atomic E-state index is 0.426. The molecule has 1 aromatic heterocycles. The van der Waals surface area contributed by atoms with Crippen molar-refractivity contribution in [2.45, 2.75) is 32.3 Å². The average Bonchev–Trinajstić information content (AvgIpc) is 2.04. The smallest absolute Gasteiger partial charge is 0.142 e. The molecule has 1 aliphatic carbocycles. The molecule has 0 amide bonds. The van der Waals surface area contributed by atoms with Gasteiger partial charge in [-0.25, -0.2) is 0 Å². The molecule has 3 heteroatoms. The molecule has 0 atom stereocenters. The third-order valence-electron chi connectivity index (χ3n) is 2.45. The van der Waals surface area contributed by atoms with Gasteiger partial charge in [-0.05, 0) is 42.1 Å². The molecular weight excluding hydrogens is 230 g/mol. The van der Waals surface area contributed by atoms with E-state index in [4.69, 9.17) is 4.74 Å². The summed E-state index contributed by atoms with van der Waals surface area (Å²) in [6.07, 6.45) is 7.68. The second kappa shape index (κ2) is 3.66. The van der Waals surface area contributed by atoms with Crippen LogP contribution in [0, 0.1) is 6.92 Å². The molecule has 0 radical (unpaired) electrons. The number of ether oxygens (including phenoxy) is 1. The van der Waals surface area contributed by atoms with Crippen LogP contribution in [-0.2, 0) is 0 Å². The van der Waals surface area contributed by atoms with E-state index < -0.39 is 0 Å². The molecular formula is C10H12BrNO. The maximum Gasteiger partial charge on any atom is 0.142 e. The molecule has 0 N–H and O–H groups in total. The molecule has 70 valence electrons. The monoisotopic (exact) mass is 241 g/mol. The summed E-state index contributed by atoms with van der Waals surface area (Å²) in [4.78, 5) is 4.08. The minimum Gasteiger partial charge on any atom is -0.488 e. The molecule has 2 rings (SSSR count). The zero-order valence-electron chi connectivity index (χ0n) is 7.59. The Hall–Kier alpha value is -0.570.